The van der Waals surface area contributed by atoms with Gasteiger partial charge in [-0.05, 0) is 32.4 Å². The van der Waals surface area contributed by atoms with E-state index in [1.54, 1.807) is 19.9 Å². The van der Waals surface area contributed by atoms with Crippen molar-refractivity contribution >= 4 is 17.8 Å². The Morgan fingerprint density at radius 3 is 2.30 bits per heavy atom. The number of aromatic nitrogens is 3. The highest BCUT2D eigenvalue weighted by atomic mass is 16.5. The summed E-state index contributed by atoms with van der Waals surface area (Å²) in [7, 11) is 2.83. The molecule has 2 heterocycles. The minimum absolute atomic E-state index is 0.0113. The van der Waals surface area contributed by atoms with Gasteiger partial charge in [0.05, 0.1) is 33.5 Å². The van der Waals surface area contributed by atoms with Crippen LogP contribution in [-0.2, 0) is 19.1 Å². The fourth-order valence-electron chi connectivity index (χ4n) is 2.59. The average Bonchev–Trinajstić information content (AvgIpc) is 2.81. The maximum atomic E-state index is 12.9. The van der Waals surface area contributed by atoms with Crippen LogP contribution in [0.4, 0.5) is 0 Å². The van der Waals surface area contributed by atoms with Gasteiger partial charge in [-0.2, -0.15) is 9.97 Å². The van der Waals surface area contributed by atoms with E-state index in [0.717, 1.165) is 0 Å². The normalized spacial score (nSPS) is 11.2. The number of hydrogen-bond acceptors (Lipinski definition) is 11. The fraction of sp³-hybridized carbons (Fsp3) is 0.429. The number of esters is 2. The van der Waals surface area contributed by atoms with Crippen LogP contribution in [0.3, 0.4) is 0 Å². The van der Waals surface area contributed by atoms with Crippen LogP contribution in [-0.4, -0.2) is 66.3 Å². The summed E-state index contributed by atoms with van der Waals surface area (Å²) in [4.78, 5) is 49.1. The van der Waals surface area contributed by atoms with E-state index >= 15 is 0 Å². The first kappa shape index (κ1) is 25.3. The van der Waals surface area contributed by atoms with Gasteiger partial charge >= 0.3 is 17.9 Å². The summed E-state index contributed by atoms with van der Waals surface area (Å²) in [6.45, 7) is 3.63. The van der Waals surface area contributed by atoms with Crippen molar-refractivity contribution in [3.05, 3.63) is 30.1 Å². The maximum Gasteiger partial charge on any atom is 0.328 e. The number of pyridine rings is 1. The Labute approximate surface area is 190 Å². The molecule has 178 valence electrons. The summed E-state index contributed by atoms with van der Waals surface area (Å²) >= 11 is 0. The zero-order valence-corrected chi connectivity index (χ0v) is 18.8. The van der Waals surface area contributed by atoms with Gasteiger partial charge in [0.2, 0.25) is 11.8 Å². The molecule has 0 radical (unpaired) electrons. The van der Waals surface area contributed by atoms with Gasteiger partial charge in [0.25, 0.3) is 5.91 Å². The first-order valence-electron chi connectivity index (χ1n) is 10.1. The van der Waals surface area contributed by atoms with E-state index in [0.29, 0.717) is 0 Å². The number of carbonyl (C=O) groups is 3. The number of ether oxygens (including phenoxy) is 5. The molecule has 12 heteroatoms. The van der Waals surface area contributed by atoms with Gasteiger partial charge in [-0.25, -0.2) is 9.78 Å². The SMILES string of the molecule is CCOC(=O)CC[C@H](NC(=O)c1ncccc1Oc1nc(OC)cc(OC)n1)C(=O)OCC. The van der Waals surface area contributed by atoms with Crippen LogP contribution in [0, 0.1) is 0 Å². The zero-order valence-electron chi connectivity index (χ0n) is 18.8. The second-order valence-electron chi connectivity index (χ2n) is 6.31. The molecule has 0 unspecified atom stereocenters. The first-order valence-corrected chi connectivity index (χ1v) is 10.1. The number of carbonyl (C=O) groups excluding carboxylic acids is 3. The third-order valence-corrected chi connectivity index (χ3v) is 4.08. The highest BCUT2D eigenvalue weighted by Gasteiger charge is 2.26. The van der Waals surface area contributed by atoms with Gasteiger partial charge in [0.15, 0.2) is 11.4 Å². The van der Waals surface area contributed by atoms with Crippen molar-refractivity contribution in [3.8, 4) is 23.5 Å². The van der Waals surface area contributed by atoms with E-state index in [4.69, 9.17) is 23.7 Å². The molecular weight excluding hydrogens is 436 g/mol. The molecule has 0 bridgehead atoms. The van der Waals surface area contributed by atoms with Crippen molar-refractivity contribution in [3.63, 3.8) is 0 Å². The van der Waals surface area contributed by atoms with Gasteiger partial charge in [-0.1, -0.05) is 0 Å². The standard InChI is InChI=1S/C21H26N4O8/c1-5-31-17(26)10-9-13(20(28)32-6-2)23-19(27)18-14(8-7-11-22-18)33-21-24-15(29-3)12-16(25-21)30-4/h7-8,11-13H,5-6,9-10H2,1-4H3,(H,23,27)/t13-/m0/s1. The van der Waals surface area contributed by atoms with Crippen LogP contribution in [0.1, 0.15) is 37.2 Å². The monoisotopic (exact) mass is 462 g/mol. The minimum Gasteiger partial charge on any atom is -0.481 e. The van der Waals surface area contributed by atoms with E-state index in [-0.39, 0.29) is 55.3 Å². The van der Waals surface area contributed by atoms with Crippen LogP contribution in [0.5, 0.6) is 23.5 Å². The summed E-state index contributed by atoms with van der Waals surface area (Å²) < 4.78 is 25.7. The molecule has 1 amide bonds. The Morgan fingerprint density at radius 2 is 1.70 bits per heavy atom. The van der Waals surface area contributed by atoms with Crippen molar-refractivity contribution in [1.82, 2.24) is 20.3 Å². The molecule has 0 aliphatic carbocycles. The molecule has 33 heavy (non-hydrogen) atoms. The Morgan fingerprint density at radius 1 is 1.03 bits per heavy atom. The Balaban J connectivity index is 2.22. The average molecular weight is 462 g/mol. The summed E-state index contributed by atoms with van der Waals surface area (Å²) in [6, 6.07) is 3.25. The molecule has 0 fully saturated rings. The van der Waals surface area contributed by atoms with Crippen LogP contribution in [0.25, 0.3) is 0 Å². The van der Waals surface area contributed by atoms with Crippen molar-refractivity contribution < 1.29 is 38.1 Å². The fourth-order valence-corrected chi connectivity index (χ4v) is 2.59. The molecule has 0 spiro atoms. The number of rotatable bonds is 12. The minimum atomic E-state index is -1.09. The topological polar surface area (TPSA) is 148 Å². The second kappa shape index (κ2) is 12.8. The second-order valence-corrected chi connectivity index (χ2v) is 6.31. The lowest BCUT2D eigenvalue weighted by Gasteiger charge is -2.17. The number of hydrogen-bond donors (Lipinski definition) is 1. The lowest BCUT2D eigenvalue weighted by Crippen LogP contribution is -2.42. The van der Waals surface area contributed by atoms with Crippen molar-refractivity contribution in [1.29, 1.82) is 0 Å². The summed E-state index contributed by atoms with van der Waals surface area (Å²) in [5, 5.41) is 2.53. The molecule has 0 aliphatic heterocycles. The van der Waals surface area contributed by atoms with E-state index in [2.05, 4.69) is 20.3 Å². The number of amides is 1. The van der Waals surface area contributed by atoms with Crippen molar-refractivity contribution in [2.75, 3.05) is 27.4 Å². The predicted octanol–water partition coefficient (Wildman–Crippen LogP) is 1.69. The summed E-state index contributed by atoms with van der Waals surface area (Å²) in [6.07, 6.45) is 1.29. The maximum absolute atomic E-state index is 12.9. The highest BCUT2D eigenvalue weighted by molar-refractivity contribution is 5.97. The lowest BCUT2D eigenvalue weighted by atomic mass is 10.1. The molecule has 0 aliphatic rings. The smallest absolute Gasteiger partial charge is 0.328 e. The molecule has 1 N–H and O–H groups in total. The van der Waals surface area contributed by atoms with Gasteiger partial charge in [-0.15, -0.1) is 0 Å². The van der Waals surface area contributed by atoms with Crippen molar-refractivity contribution in [2.24, 2.45) is 0 Å². The molecule has 0 saturated heterocycles. The zero-order chi connectivity index (χ0) is 24.2. The van der Waals surface area contributed by atoms with E-state index < -0.39 is 23.9 Å². The molecule has 2 rings (SSSR count). The Hall–Kier alpha value is -3.96. The largest absolute Gasteiger partial charge is 0.481 e. The molecule has 0 aromatic carbocycles. The van der Waals surface area contributed by atoms with Crippen LogP contribution in [0.15, 0.2) is 24.4 Å². The quantitative estimate of drug-likeness (QED) is 0.459. The Bertz CT molecular complexity index is 947. The molecule has 12 nitrogen and oxygen atoms in total. The molecule has 0 saturated carbocycles. The van der Waals surface area contributed by atoms with Gasteiger partial charge in [0, 0.05) is 12.6 Å². The van der Waals surface area contributed by atoms with Gasteiger partial charge in [0.1, 0.15) is 6.04 Å². The molecular formula is C21H26N4O8. The third kappa shape index (κ3) is 7.59. The van der Waals surface area contributed by atoms with Gasteiger partial charge < -0.3 is 29.0 Å². The summed E-state index contributed by atoms with van der Waals surface area (Å²) in [5.74, 6) is -1.50. The molecule has 2 aromatic rings. The Kier molecular flexibility index (Phi) is 9.80. The number of nitrogens with zero attached hydrogens (tertiary/aromatic N) is 3. The van der Waals surface area contributed by atoms with Crippen LogP contribution >= 0.6 is 0 Å². The van der Waals surface area contributed by atoms with E-state index in [1.165, 1.54) is 32.5 Å². The van der Waals surface area contributed by atoms with Crippen molar-refractivity contribution in [2.45, 2.75) is 32.7 Å². The number of nitrogens with one attached hydrogen (secondary N) is 1. The summed E-state index contributed by atoms with van der Waals surface area (Å²) in [5.41, 5.74) is -0.131. The first-order chi connectivity index (χ1) is 15.9. The van der Waals surface area contributed by atoms with E-state index in [1.807, 2.05) is 0 Å². The molecule has 2 aromatic heterocycles. The highest BCUT2D eigenvalue weighted by Crippen LogP contribution is 2.25. The van der Waals surface area contributed by atoms with Crippen LogP contribution < -0.4 is 19.5 Å². The number of methoxy groups -OCH3 is 2. The predicted molar refractivity (Wildman–Crippen MR) is 113 cm³/mol. The van der Waals surface area contributed by atoms with E-state index in [9.17, 15) is 14.4 Å². The van der Waals surface area contributed by atoms with Gasteiger partial charge in [-0.3, -0.25) is 9.59 Å². The molecule has 1 atom stereocenters. The third-order valence-electron chi connectivity index (χ3n) is 4.08. The lowest BCUT2D eigenvalue weighted by molar-refractivity contribution is -0.146. The van der Waals surface area contributed by atoms with Crippen LogP contribution in [0.2, 0.25) is 0 Å².